The molecule has 0 aliphatic carbocycles. The molecule has 0 unspecified atom stereocenters. The molecule has 3 rings (SSSR count). The molecule has 1 N–H and O–H groups in total. The standard InChI is InChI=1S/C20H24N2O4/c1-11(2)9-20(5)18(24)22(19(25)21-20)10-14-8-16(23)26-17-13(4)12(3)6-7-15(14)17/h6-8,11H,9-10H2,1-5H3,(H,21,25)/t20-/m1/s1. The molecule has 0 radical (unpaired) electrons. The Kier molecular flexibility index (Phi) is 4.38. The summed E-state index contributed by atoms with van der Waals surface area (Å²) in [6.45, 7) is 9.64. The van der Waals surface area contributed by atoms with Gasteiger partial charge in [0.1, 0.15) is 11.1 Å². The average molecular weight is 356 g/mol. The minimum Gasteiger partial charge on any atom is -0.422 e. The molecule has 3 amide bonds. The first kappa shape index (κ1) is 18.2. The van der Waals surface area contributed by atoms with Crippen molar-refractivity contribution in [2.45, 2.75) is 53.1 Å². The Balaban J connectivity index is 2.02. The number of rotatable bonds is 4. The van der Waals surface area contributed by atoms with Crippen LogP contribution < -0.4 is 10.9 Å². The van der Waals surface area contributed by atoms with E-state index in [1.54, 1.807) is 6.92 Å². The fourth-order valence-corrected chi connectivity index (χ4v) is 3.67. The lowest BCUT2D eigenvalue weighted by Gasteiger charge is -2.23. The number of carbonyl (C=O) groups is 2. The first-order valence-corrected chi connectivity index (χ1v) is 8.79. The van der Waals surface area contributed by atoms with Crippen LogP contribution in [-0.4, -0.2) is 22.4 Å². The van der Waals surface area contributed by atoms with Gasteiger partial charge in [0.2, 0.25) is 0 Å². The van der Waals surface area contributed by atoms with Crippen LogP contribution in [-0.2, 0) is 11.3 Å². The maximum absolute atomic E-state index is 12.9. The van der Waals surface area contributed by atoms with Gasteiger partial charge in [0.15, 0.2) is 0 Å². The lowest BCUT2D eigenvalue weighted by Crippen LogP contribution is -2.44. The second kappa shape index (κ2) is 6.27. The van der Waals surface area contributed by atoms with Gasteiger partial charge in [-0.25, -0.2) is 9.59 Å². The Morgan fingerprint density at radius 1 is 1.19 bits per heavy atom. The molecule has 6 heteroatoms. The van der Waals surface area contributed by atoms with Gasteiger partial charge in [-0.15, -0.1) is 0 Å². The van der Waals surface area contributed by atoms with Crippen LogP contribution in [0.5, 0.6) is 0 Å². The van der Waals surface area contributed by atoms with Crippen molar-refractivity contribution in [1.82, 2.24) is 10.2 Å². The van der Waals surface area contributed by atoms with Gasteiger partial charge in [-0.05, 0) is 49.8 Å². The van der Waals surface area contributed by atoms with Gasteiger partial charge in [0.05, 0.1) is 6.54 Å². The molecule has 1 aliphatic heterocycles. The van der Waals surface area contributed by atoms with Crippen molar-refractivity contribution in [3.05, 3.63) is 45.3 Å². The number of nitrogens with one attached hydrogen (secondary N) is 1. The van der Waals surface area contributed by atoms with Crippen LogP contribution in [0.25, 0.3) is 11.0 Å². The minimum atomic E-state index is -0.910. The van der Waals surface area contributed by atoms with Gasteiger partial charge in [-0.3, -0.25) is 9.69 Å². The molecule has 1 aromatic carbocycles. The van der Waals surface area contributed by atoms with Crippen molar-refractivity contribution in [1.29, 1.82) is 0 Å². The number of aryl methyl sites for hydroxylation is 2. The molecule has 1 fully saturated rings. The highest BCUT2D eigenvalue weighted by atomic mass is 16.4. The summed E-state index contributed by atoms with van der Waals surface area (Å²) in [7, 11) is 0. The van der Waals surface area contributed by atoms with Gasteiger partial charge in [0, 0.05) is 11.5 Å². The van der Waals surface area contributed by atoms with Gasteiger partial charge in [-0.1, -0.05) is 26.0 Å². The molecule has 138 valence electrons. The molecule has 0 spiro atoms. The second-order valence-corrected chi connectivity index (χ2v) is 7.73. The van der Waals surface area contributed by atoms with E-state index in [1.165, 1.54) is 11.0 Å². The number of urea groups is 1. The maximum Gasteiger partial charge on any atom is 0.336 e. The highest BCUT2D eigenvalue weighted by molar-refractivity contribution is 6.07. The summed E-state index contributed by atoms with van der Waals surface area (Å²) >= 11 is 0. The van der Waals surface area contributed by atoms with Crippen molar-refractivity contribution in [3.8, 4) is 0 Å². The van der Waals surface area contributed by atoms with Crippen LogP contribution in [0.15, 0.2) is 27.4 Å². The summed E-state index contributed by atoms with van der Waals surface area (Å²) in [5.74, 6) is 0.000786. The number of carbonyl (C=O) groups excluding carboxylic acids is 2. The van der Waals surface area contributed by atoms with E-state index in [0.717, 1.165) is 16.5 Å². The first-order chi connectivity index (χ1) is 12.1. The molecule has 2 heterocycles. The fourth-order valence-electron chi connectivity index (χ4n) is 3.67. The largest absolute Gasteiger partial charge is 0.422 e. The Morgan fingerprint density at radius 2 is 1.88 bits per heavy atom. The molecule has 1 atom stereocenters. The Labute approximate surface area is 152 Å². The van der Waals surface area contributed by atoms with E-state index in [-0.39, 0.29) is 18.4 Å². The lowest BCUT2D eigenvalue weighted by atomic mass is 9.91. The third-order valence-corrected chi connectivity index (χ3v) is 5.01. The zero-order valence-electron chi connectivity index (χ0n) is 15.8. The van der Waals surface area contributed by atoms with Gasteiger partial charge in [0.25, 0.3) is 5.91 Å². The van der Waals surface area contributed by atoms with Crippen molar-refractivity contribution < 1.29 is 14.0 Å². The number of hydrogen-bond acceptors (Lipinski definition) is 4. The molecule has 1 aromatic heterocycles. The smallest absolute Gasteiger partial charge is 0.336 e. The van der Waals surface area contributed by atoms with E-state index in [1.807, 2.05) is 39.8 Å². The SMILES string of the molecule is Cc1ccc2c(CN3C(=O)N[C@](C)(CC(C)C)C3=O)cc(=O)oc2c1C. The lowest BCUT2D eigenvalue weighted by molar-refractivity contribution is -0.131. The van der Waals surface area contributed by atoms with Crippen LogP contribution in [0, 0.1) is 19.8 Å². The fraction of sp³-hybridized carbons (Fsp3) is 0.450. The number of nitrogens with zero attached hydrogens (tertiary/aromatic N) is 1. The van der Waals surface area contributed by atoms with Gasteiger partial charge in [-0.2, -0.15) is 0 Å². The van der Waals surface area contributed by atoms with E-state index in [9.17, 15) is 14.4 Å². The number of fused-ring (bicyclic) bond motifs is 1. The predicted octanol–water partition coefficient (Wildman–Crippen LogP) is 3.27. The molecule has 26 heavy (non-hydrogen) atoms. The molecule has 1 saturated heterocycles. The minimum absolute atomic E-state index is 0.0446. The molecule has 2 aromatic rings. The Morgan fingerprint density at radius 3 is 2.54 bits per heavy atom. The van der Waals surface area contributed by atoms with E-state index < -0.39 is 17.2 Å². The van der Waals surface area contributed by atoms with E-state index in [4.69, 9.17) is 4.42 Å². The summed E-state index contributed by atoms with van der Waals surface area (Å²) in [6.07, 6.45) is 0.560. The summed E-state index contributed by atoms with van der Waals surface area (Å²) in [5, 5.41) is 3.54. The summed E-state index contributed by atoms with van der Waals surface area (Å²) in [4.78, 5) is 38.5. The van der Waals surface area contributed by atoms with E-state index in [2.05, 4.69) is 5.32 Å². The topological polar surface area (TPSA) is 79.6 Å². The zero-order valence-corrected chi connectivity index (χ0v) is 15.8. The molecule has 0 saturated carbocycles. The molecule has 0 bridgehead atoms. The van der Waals surface area contributed by atoms with Gasteiger partial charge >= 0.3 is 11.7 Å². The van der Waals surface area contributed by atoms with Crippen molar-refractivity contribution in [2.24, 2.45) is 5.92 Å². The van der Waals surface area contributed by atoms with Crippen molar-refractivity contribution in [3.63, 3.8) is 0 Å². The molecular formula is C20H24N2O4. The number of amides is 3. The molecule has 1 aliphatic rings. The van der Waals surface area contributed by atoms with Crippen LogP contribution in [0.4, 0.5) is 4.79 Å². The van der Waals surface area contributed by atoms with Crippen LogP contribution >= 0.6 is 0 Å². The third-order valence-electron chi connectivity index (χ3n) is 5.01. The monoisotopic (exact) mass is 356 g/mol. The summed E-state index contributed by atoms with van der Waals surface area (Å²) in [5.41, 5.74) is 1.60. The molecular weight excluding hydrogens is 332 g/mol. The van der Waals surface area contributed by atoms with Crippen molar-refractivity contribution >= 4 is 22.9 Å². The van der Waals surface area contributed by atoms with Crippen LogP contribution in [0.3, 0.4) is 0 Å². The average Bonchev–Trinajstić information content (AvgIpc) is 2.73. The highest BCUT2D eigenvalue weighted by Crippen LogP contribution is 2.29. The zero-order chi connectivity index (χ0) is 19.2. The molecule has 6 nitrogen and oxygen atoms in total. The van der Waals surface area contributed by atoms with E-state index in [0.29, 0.717) is 17.6 Å². The number of hydrogen-bond donors (Lipinski definition) is 1. The third kappa shape index (κ3) is 3.00. The summed E-state index contributed by atoms with van der Waals surface area (Å²) < 4.78 is 5.37. The van der Waals surface area contributed by atoms with Crippen molar-refractivity contribution in [2.75, 3.05) is 0 Å². The van der Waals surface area contributed by atoms with Crippen LogP contribution in [0.1, 0.15) is 43.9 Å². The van der Waals surface area contributed by atoms with E-state index >= 15 is 0 Å². The normalized spacial score (nSPS) is 20.3. The Bertz CT molecular complexity index is 960. The van der Waals surface area contributed by atoms with Gasteiger partial charge < -0.3 is 9.73 Å². The first-order valence-electron chi connectivity index (χ1n) is 8.79. The summed E-state index contributed by atoms with van der Waals surface area (Å²) in [6, 6.07) is 4.73. The quantitative estimate of drug-likeness (QED) is 0.673. The maximum atomic E-state index is 12.9. The number of imide groups is 1. The highest BCUT2D eigenvalue weighted by Gasteiger charge is 2.47. The number of benzene rings is 1. The van der Waals surface area contributed by atoms with Crippen LogP contribution in [0.2, 0.25) is 0 Å². The Hall–Kier alpha value is -2.63. The predicted molar refractivity (Wildman–Crippen MR) is 98.9 cm³/mol. The second-order valence-electron chi connectivity index (χ2n) is 7.73.